The van der Waals surface area contributed by atoms with E-state index in [0.717, 1.165) is 0 Å². The van der Waals surface area contributed by atoms with Crippen molar-refractivity contribution in [1.82, 2.24) is 4.98 Å². The molecule has 1 aromatic heterocycles. The van der Waals surface area contributed by atoms with Gasteiger partial charge in [0.05, 0.1) is 5.69 Å². The lowest BCUT2D eigenvalue weighted by atomic mass is 10.2. The Morgan fingerprint density at radius 3 is 2.69 bits per heavy atom. The number of nitrogens with two attached hydrogens (primary N) is 1. The zero-order valence-corrected chi connectivity index (χ0v) is 7.19. The minimum Gasteiger partial charge on any atom is -0.505 e. The van der Waals surface area contributed by atoms with Crippen molar-refractivity contribution in [3.05, 3.63) is 23.0 Å². The average Bonchev–Trinajstić information content (AvgIpc) is 2.08. The van der Waals surface area contributed by atoms with Crippen LogP contribution in [0.1, 0.15) is 11.7 Å². The van der Waals surface area contributed by atoms with Gasteiger partial charge < -0.3 is 15.9 Å². The molecule has 0 saturated carbocycles. The molecule has 0 amide bonds. The summed E-state index contributed by atoms with van der Waals surface area (Å²) in [6, 6.07) is 1.33. The van der Waals surface area contributed by atoms with Gasteiger partial charge in [-0.1, -0.05) is 11.6 Å². The number of aliphatic carboxylic acids is 1. The number of carboxylic acid groups (broad SMARTS) is 1. The minimum atomic E-state index is -1.22. The number of hydrogen-bond donors (Lipinski definition) is 3. The number of nitrogens with zero attached hydrogens (tertiary/aromatic N) is 1. The third kappa shape index (κ3) is 2.07. The molecule has 6 heteroatoms. The van der Waals surface area contributed by atoms with Crippen molar-refractivity contribution in [3.8, 4) is 5.75 Å². The van der Waals surface area contributed by atoms with Gasteiger partial charge in [0.1, 0.15) is 6.04 Å². The molecule has 0 fully saturated rings. The fourth-order valence-corrected chi connectivity index (χ4v) is 0.901. The van der Waals surface area contributed by atoms with E-state index in [1.54, 1.807) is 0 Å². The van der Waals surface area contributed by atoms with Crippen molar-refractivity contribution in [2.45, 2.75) is 6.04 Å². The molecule has 0 saturated heterocycles. The maximum atomic E-state index is 10.4. The second kappa shape index (κ2) is 3.59. The van der Waals surface area contributed by atoms with Gasteiger partial charge in [0.2, 0.25) is 0 Å². The van der Waals surface area contributed by atoms with E-state index < -0.39 is 12.0 Å². The van der Waals surface area contributed by atoms with Crippen LogP contribution in [0.2, 0.25) is 5.15 Å². The van der Waals surface area contributed by atoms with Crippen molar-refractivity contribution >= 4 is 17.6 Å². The quantitative estimate of drug-likeness (QED) is 0.608. The number of aromatic hydroxyl groups is 1. The summed E-state index contributed by atoms with van der Waals surface area (Å²) in [6.07, 6.45) is 0. The molecule has 70 valence electrons. The third-order valence-corrected chi connectivity index (χ3v) is 1.71. The van der Waals surface area contributed by atoms with Crippen LogP contribution in [0.5, 0.6) is 5.75 Å². The van der Waals surface area contributed by atoms with Crippen LogP contribution in [0.25, 0.3) is 0 Å². The van der Waals surface area contributed by atoms with E-state index in [4.69, 9.17) is 27.5 Å². The topological polar surface area (TPSA) is 96.4 Å². The van der Waals surface area contributed by atoms with Gasteiger partial charge in [-0.15, -0.1) is 0 Å². The second-order valence-corrected chi connectivity index (χ2v) is 2.72. The van der Waals surface area contributed by atoms with Crippen molar-refractivity contribution in [2.75, 3.05) is 0 Å². The Balaban J connectivity index is 3.03. The first-order valence-electron chi connectivity index (χ1n) is 3.36. The minimum absolute atomic E-state index is 0.107. The maximum Gasteiger partial charge on any atom is 0.326 e. The van der Waals surface area contributed by atoms with Crippen LogP contribution in [-0.4, -0.2) is 21.2 Å². The molecule has 1 heterocycles. The van der Waals surface area contributed by atoms with Gasteiger partial charge in [0.25, 0.3) is 0 Å². The number of pyridine rings is 1. The van der Waals surface area contributed by atoms with E-state index in [1.165, 1.54) is 12.1 Å². The Morgan fingerprint density at radius 1 is 1.62 bits per heavy atom. The molecule has 0 bridgehead atoms. The molecule has 0 aromatic carbocycles. The lowest BCUT2D eigenvalue weighted by molar-refractivity contribution is -0.138. The van der Waals surface area contributed by atoms with E-state index >= 15 is 0 Å². The zero-order valence-electron chi connectivity index (χ0n) is 6.44. The molecule has 0 aliphatic carbocycles. The Labute approximate surface area is 78.8 Å². The lowest BCUT2D eigenvalue weighted by Crippen LogP contribution is -2.21. The largest absolute Gasteiger partial charge is 0.505 e. The Hall–Kier alpha value is -1.33. The zero-order chi connectivity index (χ0) is 10.0. The molecule has 5 nitrogen and oxygen atoms in total. The van der Waals surface area contributed by atoms with Gasteiger partial charge in [-0.2, -0.15) is 0 Å². The second-order valence-electron chi connectivity index (χ2n) is 2.36. The number of rotatable bonds is 2. The van der Waals surface area contributed by atoms with E-state index in [1.807, 2.05) is 0 Å². The van der Waals surface area contributed by atoms with Crippen LogP contribution in [0, 0.1) is 0 Å². The van der Waals surface area contributed by atoms with Crippen molar-refractivity contribution in [3.63, 3.8) is 0 Å². The van der Waals surface area contributed by atoms with Crippen LogP contribution in [0.3, 0.4) is 0 Å². The molecule has 0 radical (unpaired) electrons. The predicted octanol–water partition coefficient (Wildman–Crippen LogP) is 0.525. The normalized spacial score (nSPS) is 12.5. The molecule has 1 atom stereocenters. The highest BCUT2D eigenvalue weighted by atomic mass is 35.5. The summed E-state index contributed by atoms with van der Waals surface area (Å²) in [6.45, 7) is 0. The van der Waals surface area contributed by atoms with Gasteiger partial charge in [0.15, 0.2) is 10.9 Å². The summed E-state index contributed by atoms with van der Waals surface area (Å²) in [7, 11) is 0. The maximum absolute atomic E-state index is 10.4. The molecule has 1 unspecified atom stereocenters. The molecule has 1 aromatic rings. The Morgan fingerprint density at radius 2 is 2.23 bits per heavy atom. The van der Waals surface area contributed by atoms with Crippen molar-refractivity contribution in [1.29, 1.82) is 0 Å². The molecular formula is C7H7ClN2O3. The summed E-state index contributed by atoms with van der Waals surface area (Å²) in [4.78, 5) is 14.0. The smallest absolute Gasteiger partial charge is 0.326 e. The summed E-state index contributed by atoms with van der Waals surface area (Å²) >= 11 is 5.45. The number of carboxylic acids is 1. The first kappa shape index (κ1) is 9.76. The fourth-order valence-electron chi connectivity index (χ4n) is 0.741. The number of aromatic nitrogens is 1. The van der Waals surface area contributed by atoms with Crippen LogP contribution in [-0.2, 0) is 4.79 Å². The van der Waals surface area contributed by atoms with Gasteiger partial charge in [-0.05, 0) is 12.1 Å². The third-order valence-electron chi connectivity index (χ3n) is 1.44. The van der Waals surface area contributed by atoms with Crippen molar-refractivity contribution in [2.24, 2.45) is 5.73 Å². The van der Waals surface area contributed by atoms with Crippen LogP contribution in [0.15, 0.2) is 12.1 Å². The summed E-state index contributed by atoms with van der Waals surface area (Å²) in [5.41, 5.74) is 5.36. The SMILES string of the molecule is NC(C(=O)O)c1ccc(O)c(Cl)n1. The molecule has 1 rings (SSSR count). The standard InChI is InChI=1S/C7H7ClN2O3/c8-6-4(11)2-1-3(10-6)5(9)7(12)13/h1-2,5,11H,9H2,(H,12,13). The van der Waals surface area contributed by atoms with Crippen LogP contribution in [0.4, 0.5) is 0 Å². The highest BCUT2D eigenvalue weighted by Crippen LogP contribution is 2.21. The highest BCUT2D eigenvalue weighted by molar-refractivity contribution is 6.30. The molecule has 13 heavy (non-hydrogen) atoms. The van der Waals surface area contributed by atoms with Crippen LogP contribution >= 0.6 is 11.6 Å². The van der Waals surface area contributed by atoms with E-state index in [-0.39, 0.29) is 16.6 Å². The summed E-state index contributed by atoms with van der Waals surface area (Å²) in [5.74, 6) is -1.41. The number of halogens is 1. The lowest BCUT2D eigenvalue weighted by Gasteiger charge is -2.05. The first-order chi connectivity index (χ1) is 6.02. The Kier molecular flexibility index (Phi) is 2.69. The van der Waals surface area contributed by atoms with Crippen molar-refractivity contribution < 1.29 is 15.0 Å². The monoisotopic (exact) mass is 202 g/mol. The molecule has 0 aliphatic heterocycles. The predicted molar refractivity (Wildman–Crippen MR) is 45.5 cm³/mol. The average molecular weight is 203 g/mol. The molecule has 0 spiro atoms. The first-order valence-corrected chi connectivity index (χ1v) is 3.74. The van der Waals surface area contributed by atoms with E-state index in [2.05, 4.69) is 4.98 Å². The number of hydrogen-bond acceptors (Lipinski definition) is 4. The fraction of sp³-hybridized carbons (Fsp3) is 0.143. The van der Waals surface area contributed by atoms with Crippen LogP contribution < -0.4 is 5.73 Å². The van der Waals surface area contributed by atoms with Gasteiger partial charge in [0, 0.05) is 0 Å². The molecule has 0 aliphatic rings. The summed E-state index contributed by atoms with van der Waals surface area (Å²) in [5, 5.41) is 17.3. The van der Waals surface area contributed by atoms with E-state index in [9.17, 15) is 4.79 Å². The highest BCUT2D eigenvalue weighted by Gasteiger charge is 2.16. The molecular weight excluding hydrogens is 196 g/mol. The van der Waals surface area contributed by atoms with E-state index in [0.29, 0.717) is 0 Å². The summed E-state index contributed by atoms with van der Waals surface area (Å²) < 4.78 is 0. The van der Waals surface area contributed by atoms with Gasteiger partial charge in [-0.25, -0.2) is 4.98 Å². The van der Waals surface area contributed by atoms with Gasteiger partial charge in [-0.3, -0.25) is 4.79 Å². The Bertz CT molecular complexity index is 343. The molecule has 4 N–H and O–H groups in total. The van der Waals surface area contributed by atoms with Gasteiger partial charge >= 0.3 is 5.97 Å². The number of carbonyl (C=O) groups is 1.